The molecule has 0 bridgehead atoms. The van der Waals surface area contributed by atoms with Gasteiger partial charge in [-0.15, -0.1) is 0 Å². The molecule has 0 radical (unpaired) electrons. The predicted octanol–water partition coefficient (Wildman–Crippen LogP) is 2.98. The fourth-order valence-corrected chi connectivity index (χ4v) is 4.78. The number of aliphatic hydroxyl groups is 1. The van der Waals surface area contributed by atoms with Gasteiger partial charge in [0.15, 0.2) is 17.3 Å². The Bertz CT molecular complexity index is 1390. The average Bonchev–Trinajstić information content (AvgIpc) is 3.30. The Morgan fingerprint density at radius 1 is 1.09 bits per heavy atom. The monoisotopic (exact) mass is 427 g/mol. The van der Waals surface area contributed by atoms with Gasteiger partial charge >= 0.3 is 0 Å². The highest BCUT2D eigenvalue weighted by atomic mass is 16.5. The third-order valence-corrected chi connectivity index (χ3v) is 6.25. The lowest BCUT2D eigenvalue weighted by molar-refractivity contribution is 0.0225. The Balaban J connectivity index is 1.53. The van der Waals surface area contributed by atoms with Crippen LogP contribution in [0.2, 0.25) is 0 Å². The molecule has 1 aromatic carbocycles. The molecule has 0 saturated heterocycles. The number of hydrogen-bond acceptors (Lipinski definition) is 7. The topological polar surface area (TPSA) is 103 Å². The zero-order valence-electron chi connectivity index (χ0n) is 17.7. The molecule has 3 aromatic heterocycles. The van der Waals surface area contributed by atoms with Gasteiger partial charge in [-0.05, 0) is 31.5 Å². The van der Waals surface area contributed by atoms with Crippen molar-refractivity contribution in [1.29, 1.82) is 0 Å². The summed E-state index contributed by atoms with van der Waals surface area (Å²) < 4.78 is 8.01. The number of rotatable bonds is 2. The van der Waals surface area contributed by atoms with E-state index in [2.05, 4.69) is 14.5 Å². The molecule has 8 nitrogen and oxygen atoms in total. The molecule has 1 atom stereocenters. The minimum atomic E-state index is -1.12. The van der Waals surface area contributed by atoms with Gasteiger partial charge in [0.1, 0.15) is 29.1 Å². The number of pyridine rings is 1. The van der Waals surface area contributed by atoms with Gasteiger partial charge in [0.05, 0.1) is 12.3 Å². The second kappa shape index (κ2) is 6.51. The van der Waals surface area contributed by atoms with E-state index >= 15 is 0 Å². The van der Waals surface area contributed by atoms with Crippen molar-refractivity contribution in [3.63, 3.8) is 0 Å². The highest BCUT2D eigenvalue weighted by Crippen LogP contribution is 2.44. The zero-order chi connectivity index (χ0) is 22.1. The van der Waals surface area contributed by atoms with Crippen LogP contribution in [0, 0.1) is 0 Å². The fourth-order valence-electron chi connectivity index (χ4n) is 4.78. The smallest absolute Gasteiger partial charge is 0.166 e. The van der Waals surface area contributed by atoms with E-state index in [4.69, 9.17) is 14.7 Å². The van der Waals surface area contributed by atoms with Crippen molar-refractivity contribution in [2.75, 3.05) is 6.61 Å². The van der Waals surface area contributed by atoms with Gasteiger partial charge in [0.2, 0.25) is 0 Å². The summed E-state index contributed by atoms with van der Waals surface area (Å²) in [5, 5.41) is 10.1. The molecule has 8 heteroatoms. The first-order valence-electron chi connectivity index (χ1n) is 10.5. The molecular formula is C24H21N5O3. The SMILES string of the molecule is CC(C)(O)c1ncc(-c2ccc3nc4n(c3n2)C2(COC4)CC(=O)c3ccccc32)cn1. The average molecular weight is 427 g/mol. The number of Topliss-reactive ketones (excluding diaryl/α,β-unsaturated/α-hetero) is 1. The first kappa shape index (κ1) is 19.2. The van der Waals surface area contributed by atoms with Gasteiger partial charge in [-0.2, -0.15) is 0 Å². The number of aromatic nitrogens is 5. The third-order valence-electron chi connectivity index (χ3n) is 6.25. The van der Waals surface area contributed by atoms with Crippen LogP contribution in [-0.4, -0.2) is 42.0 Å². The van der Waals surface area contributed by atoms with Crippen LogP contribution in [-0.2, 0) is 22.5 Å². The normalized spacial score (nSPS) is 20.0. The van der Waals surface area contributed by atoms with Crippen molar-refractivity contribution in [2.24, 2.45) is 0 Å². The molecule has 0 saturated carbocycles. The number of ketones is 1. The molecule has 160 valence electrons. The number of carbonyl (C=O) groups is 1. The van der Waals surface area contributed by atoms with E-state index in [1.165, 1.54) is 0 Å². The molecule has 4 heterocycles. The minimum Gasteiger partial charge on any atom is -0.382 e. The van der Waals surface area contributed by atoms with Crippen molar-refractivity contribution in [3.8, 4) is 11.3 Å². The standard InChI is InChI=1S/C24H21N5O3/c1-23(2,31)22-25-10-14(11-26-22)17-7-8-18-21(28-17)29-20(27-18)12-32-13-24(29)9-19(30)15-5-3-4-6-16(15)24/h3-8,10-11,31H,9,12-13H2,1-2H3. The van der Waals surface area contributed by atoms with Crippen LogP contribution in [0.5, 0.6) is 0 Å². The third kappa shape index (κ3) is 2.66. The molecule has 32 heavy (non-hydrogen) atoms. The summed E-state index contributed by atoms with van der Waals surface area (Å²) in [5.74, 6) is 1.21. The highest BCUT2D eigenvalue weighted by molar-refractivity contribution is 6.02. The van der Waals surface area contributed by atoms with Crippen molar-refractivity contribution in [2.45, 2.75) is 38.0 Å². The van der Waals surface area contributed by atoms with Gasteiger partial charge < -0.3 is 9.84 Å². The lowest BCUT2D eigenvalue weighted by atomic mass is 9.91. The zero-order valence-corrected chi connectivity index (χ0v) is 17.7. The summed E-state index contributed by atoms with van der Waals surface area (Å²) in [6, 6.07) is 11.5. The van der Waals surface area contributed by atoms with Crippen LogP contribution in [0.25, 0.3) is 22.4 Å². The molecule has 6 rings (SSSR count). The van der Waals surface area contributed by atoms with Crippen LogP contribution in [0.1, 0.15) is 47.8 Å². The maximum Gasteiger partial charge on any atom is 0.166 e. The molecule has 4 aromatic rings. The van der Waals surface area contributed by atoms with E-state index in [1.807, 2.05) is 36.4 Å². The maximum atomic E-state index is 12.9. The van der Waals surface area contributed by atoms with Crippen LogP contribution < -0.4 is 0 Å². The number of fused-ring (bicyclic) bond motifs is 6. The number of carbonyl (C=O) groups excluding carboxylic acids is 1. The Morgan fingerprint density at radius 3 is 2.66 bits per heavy atom. The van der Waals surface area contributed by atoms with E-state index in [0.717, 1.165) is 28.0 Å². The second-order valence-electron chi connectivity index (χ2n) is 8.93. The van der Waals surface area contributed by atoms with Gasteiger partial charge in [0, 0.05) is 29.9 Å². The van der Waals surface area contributed by atoms with Gasteiger partial charge in [0.25, 0.3) is 0 Å². The predicted molar refractivity (Wildman–Crippen MR) is 116 cm³/mol. The molecule has 1 spiro atoms. The number of imidazole rings is 1. The summed E-state index contributed by atoms with van der Waals surface area (Å²) >= 11 is 0. The first-order chi connectivity index (χ1) is 15.4. The molecule has 0 fully saturated rings. The van der Waals surface area contributed by atoms with Crippen LogP contribution in [0.3, 0.4) is 0 Å². The van der Waals surface area contributed by atoms with E-state index in [-0.39, 0.29) is 5.78 Å². The van der Waals surface area contributed by atoms with E-state index in [0.29, 0.717) is 36.8 Å². The largest absolute Gasteiger partial charge is 0.382 e. The second-order valence-corrected chi connectivity index (χ2v) is 8.93. The molecule has 2 aliphatic rings. The Hall–Kier alpha value is -3.49. The number of ether oxygens (including phenoxy) is 1. The van der Waals surface area contributed by atoms with Crippen molar-refractivity contribution in [1.82, 2.24) is 24.5 Å². The van der Waals surface area contributed by atoms with Gasteiger partial charge in [-0.25, -0.2) is 19.9 Å². The van der Waals surface area contributed by atoms with E-state index in [9.17, 15) is 9.90 Å². The van der Waals surface area contributed by atoms with Crippen molar-refractivity contribution >= 4 is 16.9 Å². The first-order valence-corrected chi connectivity index (χ1v) is 10.5. The van der Waals surface area contributed by atoms with Crippen LogP contribution >= 0.6 is 0 Å². The maximum absolute atomic E-state index is 12.9. The van der Waals surface area contributed by atoms with Crippen molar-refractivity contribution < 1.29 is 14.6 Å². The van der Waals surface area contributed by atoms with Crippen LogP contribution in [0.4, 0.5) is 0 Å². The Kier molecular flexibility index (Phi) is 3.91. The summed E-state index contributed by atoms with van der Waals surface area (Å²) in [6.45, 7) is 4.05. The molecule has 1 aliphatic heterocycles. The van der Waals surface area contributed by atoms with Gasteiger partial charge in [-0.3, -0.25) is 9.36 Å². The summed E-state index contributed by atoms with van der Waals surface area (Å²) in [7, 11) is 0. The fraction of sp³-hybridized carbons (Fsp3) is 0.292. The lowest BCUT2D eigenvalue weighted by Crippen LogP contribution is -2.42. The Labute approximate surface area is 184 Å². The van der Waals surface area contributed by atoms with Gasteiger partial charge in [-0.1, -0.05) is 24.3 Å². The molecule has 0 amide bonds. The quantitative estimate of drug-likeness (QED) is 0.525. The van der Waals surface area contributed by atoms with E-state index < -0.39 is 11.1 Å². The lowest BCUT2D eigenvalue weighted by Gasteiger charge is -2.36. The minimum absolute atomic E-state index is 0.102. The molecule has 1 unspecified atom stereocenters. The molecule has 1 aliphatic carbocycles. The Morgan fingerprint density at radius 2 is 1.88 bits per heavy atom. The summed E-state index contributed by atoms with van der Waals surface area (Å²) in [6.07, 6.45) is 3.64. The number of nitrogens with zero attached hydrogens (tertiary/aromatic N) is 5. The number of benzene rings is 1. The highest BCUT2D eigenvalue weighted by Gasteiger charge is 2.49. The van der Waals surface area contributed by atoms with E-state index in [1.54, 1.807) is 26.2 Å². The summed E-state index contributed by atoms with van der Waals surface area (Å²) in [5.41, 5.74) is 2.81. The summed E-state index contributed by atoms with van der Waals surface area (Å²) in [4.78, 5) is 31.1. The molecule has 1 N–H and O–H groups in total. The van der Waals surface area contributed by atoms with Crippen molar-refractivity contribution in [3.05, 3.63) is 71.6 Å². The molecular weight excluding hydrogens is 406 g/mol. The van der Waals surface area contributed by atoms with Crippen LogP contribution in [0.15, 0.2) is 48.8 Å². The number of hydrogen-bond donors (Lipinski definition) is 1.